The van der Waals surface area contributed by atoms with Gasteiger partial charge in [0.05, 0.1) is 12.1 Å². The maximum atomic E-state index is 12.7. The first-order valence-electron chi connectivity index (χ1n) is 7.04. The van der Waals surface area contributed by atoms with E-state index in [0.717, 1.165) is 40.7 Å². The number of para-hydroxylation sites is 1. The number of amides is 1. The van der Waals surface area contributed by atoms with E-state index < -0.39 is 0 Å². The molecule has 0 spiro atoms. The highest BCUT2D eigenvalue weighted by molar-refractivity contribution is 7.99. The second kappa shape index (κ2) is 7.35. The molecule has 116 valence electrons. The van der Waals surface area contributed by atoms with Gasteiger partial charge in [-0.15, -0.1) is 11.3 Å². The van der Waals surface area contributed by atoms with Crippen LogP contribution in [0.15, 0.2) is 30.5 Å². The number of rotatable bonds is 4. The number of halogens is 1. The first-order chi connectivity index (χ1) is 10.7. The Balaban J connectivity index is 1.72. The van der Waals surface area contributed by atoms with E-state index >= 15 is 0 Å². The second-order valence-corrected chi connectivity index (χ2v) is 7.81. The molecule has 1 fully saturated rings. The lowest BCUT2D eigenvalue weighted by atomic mass is 10.1. The summed E-state index contributed by atoms with van der Waals surface area (Å²) in [6.45, 7) is 2.26. The van der Waals surface area contributed by atoms with Crippen LogP contribution in [0.2, 0.25) is 4.47 Å². The highest BCUT2D eigenvalue weighted by Gasteiger charge is 2.20. The van der Waals surface area contributed by atoms with Crippen molar-refractivity contribution in [1.82, 2.24) is 9.88 Å². The summed E-state index contributed by atoms with van der Waals surface area (Å²) >= 11 is 9.18. The quantitative estimate of drug-likeness (QED) is 0.912. The summed E-state index contributed by atoms with van der Waals surface area (Å²) in [4.78, 5) is 19.7. The van der Waals surface area contributed by atoms with E-state index in [4.69, 9.17) is 11.6 Å². The normalized spacial score (nSPS) is 14.9. The van der Waals surface area contributed by atoms with Crippen molar-refractivity contribution in [3.63, 3.8) is 0 Å². The molecule has 7 heteroatoms. The van der Waals surface area contributed by atoms with Crippen LogP contribution in [0.3, 0.4) is 0 Å². The fourth-order valence-electron chi connectivity index (χ4n) is 2.31. The molecule has 2 heterocycles. The minimum atomic E-state index is 0.103. The molecule has 0 atom stereocenters. The third-order valence-electron chi connectivity index (χ3n) is 3.43. The fourth-order valence-corrected chi connectivity index (χ4v) is 4.13. The number of thioether (sulfide) groups is 1. The topological polar surface area (TPSA) is 45.2 Å². The molecule has 1 aromatic carbocycles. The summed E-state index contributed by atoms with van der Waals surface area (Å²) in [7, 11) is 0. The number of thiazole rings is 1. The number of carbonyl (C=O) groups excluding carboxylic acids is 1. The highest BCUT2D eigenvalue weighted by Crippen LogP contribution is 2.22. The van der Waals surface area contributed by atoms with Crippen molar-refractivity contribution in [3.8, 4) is 0 Å². The number of anilines is 1. The molecular formula is C15H16ClN3OS2. The first kappa shape index (κ1) is 15.6. The van der Waals surface area contributed by atoms with Gasteiger partial charge in [-0.1, -0.05) is 23.7 Å². The Morgan fingerprint density at radius 1 is 1.32 bits per heavy atom. The van der Waals surface area contributed by atoms with E-state index in [9.17, 15) is 4.79 Å². The Morgan fingerprint density at radius 3 is 2.82 bits per heavy atom. The number of carbonyl (C=O) groups is 1. The molecule has 1 saturated heterocycles. The minimum Gasteiger partial charge on any atom is -0.379 e. The Hall–Kier alpha value is -1.24. The van der Waals surface area contributed by atoms with Gasteiger partial charge in [0.1, 0.15) is 0 Å². The second-order valence-electron chi connectivity index (χ2n) is 4.88. The van der Waals surface area contributed by atoms with Gasteiger partial charge in [-0.25, -0.2) is 4.98 Å². The van der Waals surface area contributed by atoms with Gasteiger partial charge < -0.3 is 10.2 Å². The van der Waals surface area contributed by atoms with Gasteiger partial charge in [-0.05, 0) is 12.1 Å². The van der Waals surface area contributed by atoms with Crippen LogP contribution in [0.4, 0.5) is 5.69 Å². The molecule has 2 aromatic rings. The van der Waals surface area contributed by atoms with Crippen LogP contribution >= 0.6 is 34.7 Å². The van der Waals surface area contributed by atoms with E-state index in [1.807, 2.05) is 40.9 Å². The van der Waals surface area contributed by atoms with E-state index in [0.29, 0.717) is 11.0 Å². The molecule has 1 aliphatic heterocycles. The summed E-state index contributed by atoms with van der Waals surface area (Å²) < 4.78 is 0.534. The third kappa shape index (κ3) is 3.74. The van der Waals surface area contributed by atoms with Gasteiger partial charge in [0.15, 0.2) is 4.47 Å². The molecule has 0 unspecified atom stereocenters. The average Bonchev–Trinajstić information content (AvgIpc) is 2.99. The monoisotopic (exact) mass is 353 g/mol. The fraction of sp³-hybridized carbons (Fsp3) is 0.333. The summed E-state index contributed by atoms with van der Waals surface area (Å²) in [6.07, 6.45) is 1.76. The molecular weight excluding hydrogens is 338 g/mol. The van der Waals surface area contributed by atoms with Crippen molar-refractivity contribution in [2.45, 2.75) is 6.54 Å². The number of hydrogen-bond acceptors (Lipinski definition) is 5. The van der Waals surface area contributed by atoms with Crippen molar-refractivity contribution in [2.24, 2.45) is 0 Å². The maximum Gasteiger partial charge on any atom is 0.256 e. The Bertz CT molecular complexity index is 656. The summed E-state index contributed by atoms with van der Waals surface area (Å²) in [6, 6.07) is 7.66. The zero-order valence-electron chi connectivity index (χ0n) is 11.9. The Kier molecular flexibility index (Phi) is 5.23. The average molecular weight is 354 g/mol. The first-order valence-corrected chi connectivity index (χ1v) is 9.39. The van der Waals surface area contributed by atoms with E-state index in [1.165, 1.54) is 11.3 Å². The molecule has 1 aliphatic rings. The lowest BCUT2D eigenvalue weighted by Crippen LogP contribution is -2.38. The largest absolute Gasteiger partial charge is 0.379 e. The van der Waals surface area contributed by atoms with Crippen LogP contribution in [-0.2, 0) is 6.54 Å². The van der Waals surface area contributed by atoms with Crippen molar-refractivity contribution in [3.05, 3.63) is 45.4 Å². The molecule has 0 radical (unpaired) electrons. The van der Waals surface area contributed by atoms with Crippen molar-refractivity contribution >= 4 is 46.3 Å². The number of nitrogens with zero attached hydrogens (tertiary/aromatic N) is 2. The van der Waals surface area contributed by atoms with Gasteiger partial charge >= 0.3 is 0 Å². The van der Waals surface area contributed by atoms with Gasteiger partial charge in [-0.3, -0.25) is 4.79 Å². The molecule has 0 bridgehead atoms. The number of nitrogens with one attached hydrogen (secondary N) is 1. The van der Waals surface area contributed by atoms with Gasteiger partial charge in [0.2, 0.25) is 0 Å². The van der Waals surface area contributed by atoms with E-state index in [-0.39, 0.29) is 5.91 Å². The van der Waals surface area contributed by atoms with E-state index in [1.54, 1.807) is 6.20 Å². The molecule has 0 aliphatic carbocycles. The molecule has 4 nitrogen and oxygen atoms in total. The Morgan fingerprint density at radius 2 is 2.09 bits per heavy atom. The lowest BCUT2D eigenvalue weighted by Gasteiger charge is -2.27. The van der Waals surface area contributed by atoms with Gasteiger partial charge in [0, 0.05) is 41.4 Å². The zero-order chi connectivity index (χ0) is 15.4. The Labute approximate surface area is 142 Å². The van der Waals surface area contributed by atoms with E-state index in [2.05, 4.69) is 10.3 Å². The van der Waals surface area contributed by atoms with Crippen LogP contribution in [0.1, 0.15) is 15.2 Å². The molecule has 0 saturated carbocycles. The molecule has 22 heavy (non-hydrogen) atoms. The molecule has 3 rings (SSSR count). The number of hydrogen-bond donors (Lipinski definition) is 1. The minimum absolute atomic E-state index is 0.103. The molecule has 1 amide bonds. The van der Waals surface area contributed by atoms with Crippen LogP contribution in [-0.4, -0.2) is 40.4 Å². The predicted molar refractivity (Wildman–Crippen MR) is 94.1 cm³/mol. The van der Waals surface area contributed by atoms with Gasteiger partial charge in [0.25, 0.3) is 5.91 Å². The number of benzene rings is 1. The molecule has 1 N–H and O–H groups in total. The van der Waals surface area contributed by atoms with Crippen LogP contribution < -0.4 is 5.32 Å². The van der Waals surface area contributed by atoms with Crippen LogP contribution in [0.5, 0.6) is 0 Å². The van der Waals surface area contributed by atoms with Crippen LogP contribution in [0, 0.1) is 0 Å². The zero-order valence-corrected chi connectivity index (χ0v) is 14.3. The highest BCUT2D eigenvalue weighted by atomic mass is 35.5. The van der Waals surface area contributed by atoms with Crippen LogP contribution in [0.25, 0.3) is 0 Å². The standard InChI is InChI=1S/C15H16ClN3OS2/c16-15-18-10-11(22-15)9-17-13-4-2-1-3-12(13)14(20)19-5-7-21-8-6-19/h1-4,10,17H,5-9H2. The maximum absolute atomic E-state index is 12.7. The third-order valence-corrected chi connectivity index (χ3v) is 5.49. The summed E-state index contributed by atoms with van der Waals surface area (Å²) in [5.41, 5.74) is 1.58. The SMILES string of the molecule is O=C(c1ccccc1NCc1cnc(Cl)s1)N1CCSCC1. The summed E-state index contributed by atoms with van der Waals surface area (Å²) in [5, 5.41) is 3.32. The van der Waals surface area contributed by atoms with Crippen molar-refractivity contribution < 1.29 is 4.79 Å². The smallest absolute Gasteiger partial charge is 0.256 e. The van der Waals surface area contributed by atoms with Crippen molar-refractivity contribution in [1.29, 1.82) is 0 Å². The van der Waals surface area contributed by atoms with Crippen molar-refractivity contribution in [2.75, 3.05) is 29.9 Å². The molecule has 1 aromatic heterocycles. The van der Waals surface area contributed by atoms with Gasteiger partial charge in [-0.2, -0.15) is 11.8 Å². The lowest BCUT2D eigenvalue weighted by molar-refractivity contribution is 0.0773. The summed E-state index contributed by atoms with van der Waals surface area (Å²) in [5.74, 6) is 2.13. The number of aromatic nitrogens is 1. The predicted octanol–water partition coefficient (Wildman–Crippen LogP) is 3.60.